The Balaban J connectivity index is 1.65. The highest BCUT2D eigenvalue weighted by molar-refractivity contribution is 5.67. The molecule has 0 bridgehead atoms. The van der Waals surface area contributed by atoms with E-state index in [1.54, 1.807) is 16.9 Å². The quantitative estimate of drug-likeness (QED) is 0.608. The average Bonchev–Trinajstić information content (AvgIpc) is 3.07. The Morgan fingerprint density at radius 3 is 2.46 bits per heavy atom. The molecule has 7 nitrogen and oxygen atoms in total. The number of rotatable bonds is 9. The number of aliphatic carboxylic acids is 1. The van der Waals surface area contributed by atoms with Gasteiger partial charge in [-0.25, -0.2) is 0 Å². The minimum Gasteiger partial charge on any atom is -0.487 e. The van der Waals surface area contributed by atoms with Crippen molar-refractivity contribution in [1.82, 2.24) is 15.0 Å². The first-order valence-electron chi connectivity index (χ1n) is 9.11. The van der Waals surface area contributed by atoms with Crippen LogP contribution < -0.4 is 4.74 Å². The van der Waals surface area contributed by atoms with Crippen LogP contribution in [0.15, 0.2) is 54.6 Å². The fraction of sp³-hybridized carbons (Fsp3) is 0.286. The van der Waals surface area contributed by atoms with Crippen molar-refractivity contribution in [2.45, 2.75) is 33.0 Å². The number of ether oxygens (including phenoxy) is 2. The Kier molecular flexibility index (Phi) is 6.39. The second kappa shape index (κ2) is 9.14. The summed E-state index contributed by atoms with van der Waals surface area (Å²) in [6.07, 6.45) is -0.542. The summed E-state index contributed by atoms with van der Waals surface area (Å²) in [5, 5.41) is 18.0. The Labute approximate surface area is 163 Å². The van der Waals surface area contributed by atoms with Crippen LogP contribution in [0.3, 0.4) is 0 Å². The minimum absolute atomic E-state index is 0.0736. The van der Waals surface area contributed by atoms with Crippen LogP contribution in [0.2, 0.25) is 0 Å². The molecule has 1 heterocycles. The molecular weight excluding hydrogens is 358 g/mol. The summed E-state index contributed by atoms with van der Waals surface area (Å²) >= 11 is 0. The maximum atomic E-state index is 11.0. The molecule has 0 spiro atoms. The van der Waals surface area contributed by atoms with Crippen molar-refractivity contribution >= 4 is 5.97 Å². The molecule has 0 amide bonds. The highest BCUT2D eigenvalue weighted by Gasteiger charge is 2.16. The van der Waals surface area contributed by atoms with E-state index in [9.17, 15) is 4.79 Å². The van der Waals surface area contributed by atoms with E-state index in [-0.39, 0.29) is 6.42 Å². The maximum Gasteiger partial charge on any atom is 0.306 e. The normalized spacial score (nSPS) is 11.9. The zero-order chi connectivity index (χ0) is 19.9. The van der Waals surface area contributed by atoms with Crippen molar-refractivity contribution in [3.8, 4) is 11.4 Å². The van der Waals surface area contributed by atoms with E-state index >= 15 is 0 Å². The number of para-hydroxylation sites is 1. The molecule has 28 heavy (non-hydrogen) atoms. The molecule has 0 saturated carbocycles. The Morgan fingerprint density at radius 2 is 1.82 bits per heavy atom. The van der Waals surface area contributed by atoms with Gasteiger partial charge in [-0.3, -0.25) is 4.79 Å². The Hall–Kier alpha value is -3.19. The van der Waals surface area contributed by atoms with E-state index in [4.69, 9.17) is 14.6 Å². The largest absolute Gasteiger partial charge is 0.487 e. The van der Waals surface area contributed by atoms with E-state index in [2.05, 4.69) is 10.2 Å². The van der Waals surface area contributed by atoms with Gasteiger partial charge in [-0.15, -0.1) is 5.10 Å². The molecule has 1 atom stereocenters. The number of carbonyl (C=O) groups is 1. The summed E-state index contributed by atoms with van der Waals surface area (Å²) in [6, 6.07) is 17.0. The van der Waals surface area contributed by atoms with Crippen molar-refractivity contribution in [3.63, 3.8) is 0 Å². The van der Waals surface area contributed by atoms with Gasteiger partial charge in [0.15, 0.2) is 0 Å². The molecule has 1 aromatic heterocycles. The number of aryl methyl sites for hydroxylation is 1. The smallest absolute Gasteiger partial charge is 0.306 e. The van der Waals surface area contributed by atoms with Crippen molar-refractivity contribution in [3.05, 3.63) is 71.5 Å². The number of hydrogen-bond donors (Lipinski definition) is 1. The lowest BCUT2D eigenvalue weighted by Gasteiger charge is -2.15. The van der Waals surface area contributed by atoms with Crippen LogP contribution >= 0.6 is 0 Å². The zero-order valence-electron chi connectivity index (χ0n) is 15.9. The van der Waals surface area contributed by atoms with Crippen LogP contribution in [0.4, 0.5) is 0 Å². The van der Waals surface area contributed by atoms with Crippen LogP contribution in [0.5, 0.6) is 5.75 Å². The summed E-state index contributed by atoms with van der Waals surface area (Å²) in [6.45, 7) is 4.48. The Bertz CT molecular complexity index is 907. The van der Waals surface area contributed by atoms with Gasteiger partial charge >= 0.3 is 5.97 Å². The van der Waals surface area contributed by atoms with Crippen molar-refractivity contribution < 1.29 is 19.4 Å². The lowest BCUT2D eigenvalue weighted by molar-refractivity contribution is -0.140. The number of nitrogens with zero attached hydrogens (tertiary/aromatic N) is 3. The molecule has 7 heteroatoms. The molecule has 3 rings (SSSR count). The molecule has 0 aliphatic rings. The first-order chi connectivity index (χ1) is 13.6. The third kappa shape index (κ3) is 4.95. The molecule has 0 radical (unpaired) electrons. The maximum absolute atomic E-state index is 11.0. The third-order valence-electron chi connectivity index (χ3n) is 4.22. The highest BCUT2D eigenvalue weighted by atomic mass is 16.5. The van der Waals surface area contributed by atoms with E-state index in [1.807, 2.05) is 56.3 Å². The number of carboxylic acids is 1. The predicted octanol–water partition coefficient (Wildman–Crippen LogP) is 3.71. The van der Waals surface area contributed by atoms with Gasteiger partial charge in [0.25, 0.3) is 0 Å². The minimum atomic E-state index is -0.893. The standard InChI is InChI=1S/C21H23N3O4/c1-3-27-20(13-21(25)26)16-9-11-18(12-10-16)28-14-19-15(2)22-24(23-19)17-7-5-4-6-8-17/h4-12,20H,3,13-14H2,1-2H3,(H,25,26). The average molecular weight is 381 g/mol. The highest BCUT2D eigenvalue weighted by Crippen LogP contribution is 2.24. The van der Waals surface area contributed by atoms with Gasteiger partial charge in [0.1, 0.15) is 18.1 Å². The van der Waals surface area contributed by atoms with Crippen molar-refractivity contribution in [1.29, 1.82) is 0 Å². The number of carboxylic acid groups (broad SMARTS) is 1. The predicted molar refractivity (Wildman–Crippen MR) is 103 cm³/mol. The molecule has 1 N–H and O–H groups in total. The molecule has 0 fully saturated rings. The lowest BCUT2D eigenvalue weighted by atomic mass is 10.1. The summed E-state index contributed by atoms with van der Waals surface area (Å²) in [4.78, 5) is 12.6. The molecule has 146 valence electrons. The summed E-state index contributed by atoms with van der Waals surface area (Å²) in [7, 11) is 0. The van der Waals surface area contributed by atoms with Crippen molar-refractivity contribution in [2.24, 2.45) is 0 Å². The van der Waals surface area contributed by atoms with E-state index < -0.39 is 12.1 Å². The first-order valence-corrected chi connectivity index (χ1v) is 9.11. The van der Waals surface area contributed by atoms with Crippen LogP contribution in [0, 0.1) is 6.92 Å². The van der Waals surface area contributed by atoms with Crippen LogP contribution in [0.25, 0.3) is 5.69 Å². The van der Waals surface area contributed by atoms with Crippen LogP contribution in [-0.4, -0.2) is 32.7 Å². The first kappa shape index (κ1) is 19.6. The lowest BCUT2D eigenvalue weighted by Crippen LogP contribution is -2.10. The Morgan fingerprint density at radius 1 is 1.11 bits per heavy atom. The van der Waals surface area contributed by atoms with Gasteiger partial charge in [-0.1, -0.05) is 30.3 Å². The second-order valence-corrected chi connectivity index (χ2v) is 6.26. The van der Waals surface area contributed by atoms with Gasteiger partial charge in [0, 0.05) is 6.61 Å². The monoisotopic (exact) mass is 381 g/mol. The van der Waals surface area contributed by atoms with Gasteiger partial charge in [0.2, 0.25) is 0 Å². The number of aromatic nitrogens is 3. The molecule has 0 saturated heterocycles. The van der Waals surface area contributed by atoms with Crippen LogP contribution in [-0.2, 0) is 16.1 Å². The van der Waals surface area contributed by atoms with Gasteiger partial charge in [-0.05, 0) is 43.7 Å². The fourth-order valence-electron chi connectivity index (χ4n) is 2.78. The zero-order valence-corrected chi connectivity index (χ0v) is 15.9. The van der Waals surface area contributed by atoms with Gasteiger partial charge in [-0.2, -0.15) is 9.90 Å². The van der Waals surface area contributed by atoms with E-state index in [1.165, 1.54) is 0 Å². The van der Waals surface area contributed by atoms with E-state index in [0.717, 1.165) is 22.6 Å². The SMILES string of the molecule is CCOC(CC(=O)O)c1ccc(OCc2nn(-c3ccccc3)nc2C)cc1. The molecule has 0 aliphatic carbocycles. The molecule has 2 aromatic carbocycles. The van der Waals surface area contributed by atoms with E-state index in [0.29, 0.717) is 19.0 Å². The molecule has 0 aliphatic heterocycles. The fourth-order valence-corrected chi connectivity index (χ4v) is 2.78. The van der Waals surface area contributed by atoms with Crippen molar-refractivity contribution in [2.75, 3.05) is 6.61 Å². The summed E-state index contributed by atoms with van der Waals surface area (Å²) < 4.78 is 11.4. The second-order valence-electron chi connectivity index (χ2n) is 6.26. The molecular formula is C21H23N3O4. The topological polar surface area (TPSA) is 86.5 Å². The molecule has 3 aromatic rings. The third-order valence-corrected chi connectivity index (χ3v) is 4.22. The number of benzene rings is 2. The summed E-state index contributed by atoms with van der Waals surface area (Å²) in [5.41, 5.74) is 3.26. The number of hydrogen-bond acceptors (Lipinski definition) is 5. The van der Waals surface area contributed by atoms with Gasteiger partial charge < -0.3 is 14.6 Å². The van der Waals surface area contributed by atoms with Crippen LogP contribution in [0.1, 0.15) is 36.4 Å². The van der Waals surface area contributed by atoms with Gasteiger partial charge in [0.05, 0.1) is 23.9 Å². The molecule has 1 unspecified atom stereocenters. The summed E-state index contributed by atoms with van der Waals surface area (Å²) in [5.74, 6) is -0.223.